The van der Waals surface area contributed by atoms with Crippen molar-refractivity contribution in [1.82, 2.24) is 39.5 Å². The standard InChI is InChI=1S/C19H23F2N5.C16H18ClF2N5.C3H7BO2/c20-19(21)8-5-14(6-9-19)22-17-11-16(13-3-4-13)23-18(24-17)26-10-7-15(25-26)12-1-2-12;17-13-9-14(20-11-3-6-16(18,19)7-4-11)22-15(21-13)24-8-5-12(23-24)10-1-2-10;5-4(6)3-1-2-3/h7,10-14H,1-6,8-9H2,(H,22,23,24);5,8-11H,1-4,6-7H2,(H,20,21,22);3,5-6H,1-2H2. The zero-order chi connectivity index (χ0) is 39.0. The molecular formula is C38H48BClF4N10O2. The number of nitrogens with one attached hydrogen (secondary N) is 2. The molecule has 6 aliphatic carbocycles. The van der Waals surface area contributed by atoms with Crippen molar-refractivity contribution in [1.29, 1.82) is 0 Å². The lowest BCUT2D eigenvalue weighted by Crippen LogP contribution is -2.32. The van der Waals surface area contributed by atoms with Gasteiger partial charge in [0.25, 0.3) is 11.9 Å². The first-order chi connectivity index (χ1) is 26.8. The molecule has 0 aliphatic heterocycles. The van der Waals surface area contributed by atoms with Crippen LogP contribution in [0.5, 0.6) is 0 Å². The van der Waals surface area contributed by atoms with E-state index in [0.717, 1.165) is 48.6 Å². The summed E-state index contributed by atoms with van der Waals surface area (Å²) in [6.45, 7) is 0. The number of rotatable bonds is 10. The van der Waals surface area contributed by atoms with Crippen LogP contribution in [0, 0.1) is 0 Å². The quantitative estimate of drug-likeness (QED) is 0.0702. The van der Waals surface area contributed by atoms with Crippen molar-refractivity contribution in [3.63, 3.8) is 0 Å². The Balaban J connectivity index is 0.000000137. The predicted molar refractivity (Wildman–Crippen MR) is 204 cm³/mol. The van der Waals surface area contributed by atoms with Gasteiger partial charge in [-0.1, -0.05) is 24.4 Å². The Morgan fingerprint density at radius 1 is 0.589 bits per heavy atom. The van der Waals surface area contributed by atoms with E-state index >= 15 is 0 Å². The van der Waals surface area contributed by atoms with Crippen LogP contribution in [0.3, 0.4) is 0 Å². The van der Waals surface area contributed by atoms with Gasteiger partial charge in [-0.05, 0) is 82.2 Å². The van der Waals surface area contributed by atoms with Crippen LogP contribution in [-0.4, -0.2) is 80.6 Å². The molecule has 0 aromatic carbocycles. The highest BCUT2D eigenvalue weighted by Gasteiger charge is 2.37. The molecule has 4 heterocycles. The molecule has 6 fully saturated rings. The molecule has 0 atom stereocenters. The smallest absolute Gasteiger partial charge is 0.427 e. The molecule has 0 saturated heterocycles. The first-order valence-electron chi connectivity index (χ1n) is 20.0. The van der Waals surface area contributed by atoms with Crippen molar-refractivity contribution in [2.45, 2.75) is 150 Å². The highest BCUT2D eigenvalue weighted by molar-refractivity contribution is 6.44. The largest absolute Gasteiger partial charge is 0.454 e. The van der Waals surface area contributed by atoms with Crippen molar-refractivity contribution in [3.8, 4) is 11.9 Å². The lowest BCUT2D eigenvalue weighted by molar-refractivity contribution is -0.0366. The molecule has 18 heteroatoms. The summed E-state index contributed by atoms with van der Waals surface area (Å²) in [5.41, 5.74) is 3.18. The van der Waals surface area contributed by atoms with Gasteiger partial charge in [0, 0.05) is 80.0 Å². The Morgan fingerprint density at radius 3 is 1.43 bits per heavy atom. The third-order valence-corrected chi connectivity index (χ3v) is 11.4. The minimum absolute atomic E-state index is 0.0249. The normalized spacial score (nSPS) is 22.0. The molecular weight excluding hydrogens is 751 g/mol. The van der Waals surface area contributed by atoms with Crippen LogP contribution in [0.2, 0.25) is 11.0 Å². The van der Waals surface area contributed by atoms with Crippen molar-refractivity contribution in [3.05, 3.63) is 58.9 Å². The van der Waals surface area contributed by atoms with Crippen LogP contribution in [0.25, 0.3) is 11.9 Å². The fraction of sp³-hybridized carbons (Fsp3) is 0.632. The zero-order valence-electron chi connectivity index (χ0n) is 31.2. The van der Waals surface area contributed by atoms with E-state index in [1.807, 2.05) is 30.6 Å². The zero-order valence-corrected chi connectivity index (χ0v) is 31.9. The molecule has 4 aromatic rings. The lowest BCUT2D eigenvalue weighted by Gasteiger charge is -2.29. The average Bonchev–Trinajstić information content (AvgIpc) is 3.94. The maximum absolute atomic E-state index is 13.4. The van der Waals surface area contributed by atoms with Gasteiger partial charge in [0.05, 0.1) is 17.1 Å². The summed E-state index contributed by atoms with van der Waals surface area (Å²) in [5, 5.41) is 32.5. The average molecular weight is 799 g/mol. The first kappa shape index (κ1) is 39.0. The summed E-state index contributed by atoms with van der Waals surface area (Å²) in [6.07, 6.45) is 14.3. The maximum Gasteiger partial charge on any atom is 0.454 e. The van der Waals surface area contributed by atoms with E-state index in [9.17, 15) is 17.6 Å². The molecule has 0 unspecified atom stereocenters. The Morgan fingerprint density at radius 2 is 1.02 bits per heavy atom. The molecule has 0 radical (unpaired) electrons. The van der Waals surface area contributed by atoms with E-state index in [1.165, 1.54) is 25.7 Å². The van der Waals surface area contributed by atoms with Crippen molar-refractivity contribution in [2.75, 3.05) is 10.6 Å². The van der Waals surface area contributed by atoms with E-state index < -0.39 is 19.0 Å². The second-order valence-corrected chi connectivity index (χ2v) is 16.7. The Bertz CT molecular complexity index is 1950. The Kier molecular flexibility index (Phi) is 11.3. The molecule has 4 aromatic heterocycles. The molecule has 0 spiro atoms. The van der Waals surface area contributed by atoms with Gasteiger partial charge < -0.3 is 20.7 Å². The summed E-state index contributed by atoms with van der Waals surface area (Å²) >= 11 is 6.09. The van der Waals surface area contributed by atoms with Crippen molar-refractivity contribution < 1.29 is 27.6 Å². The number of aromatic nitrogens is 8. The fourth-order valence-electron chi connectivity index (χ4n) is 7.07. The van der Waals surface area contributed by atoms with Crippen LogP contribution in [0.15, 0.2) is 36.7 Å². The second kappa shape index (κ2) is 16.2. The van der Waals surface area contributed by atoms with Gasteiger partial charge in [-0.25, -0.2) is 31.9 Å². The SMILES string of the molecule is FC1(F)CCC(Nc2cc(C3CC3)nc(-n3ccc(C4CC4)n3)n2)CC1.FC1(F)CCC(Nc2cc(Cl)nc(-n3ccc(C4CC4)n3)n2)CC1.OB(O)C1CC1. The van der Waals surface area contributed by atoms with E-state index in [1.54, 1.807) is 15.4 Å². The topological polar surface area (TPSA) is 152 Å². The van der Waals surface area contributed by atoms with E-state index in [4.69, 9.17) is 26.6 Å². The van der Waals surface area contributed by atoms with E-state index in [-0.39, 0.29) is 43.6 Å². The molecule has 6 saturated carbocycles. The van der Waals surface area contributed by atoms with Crippen molar-refractivity contribution >= 4 is 30.4 Å². The number of alkyl halides is 4. The third kappa shape index (κ3) is 10.8. The highest BCUT2D eigenvalue weighted by Crippen LogP contribution is 2.42. The predicted octanol–water partition coefficient (Wildman–Crippen LogP) is 8.21. The lowest BCUT2D eigenvalue weighted by atomic mass is 9.84. The second-order valence-electron chi connectivity index (χ2n) is 16.3. The molecule has 56 heavy (non-hydrogen) atoms. The van der Waals surface area contributed by atoms with Gasteiger partial charge in [0.1, 0.15) is 16.8 Å². The summed E-state index contributed by atoms with van der Waals surface area (Å²) in [4.78, 5) is 18.0. The first-order valence-corrected chi connectivity index (χ1v) is 20.4. The van der Waals surface area contributed by atoms with Crippen LogP contribution >= 0.6 is 11.6 Å². The van der Waals surface area contributed by atoms with Gasteiger partial charge in [0.15, 0.2) is 0 Å². The van der Waals surface area contributed by atoms with Gasteiger partial charge >= 0.3 is 7.12 Å². The van der Waals surface area contributed by atoms with E-state index in [0.29, 0.717) is 66.3 Å². The molecule has 4 N–H and O–H groups in total. The molecule has 10 rings (SSSR count). The maximum atomic E-state index is 13.4. The van der Waals surface area contributed by atoms with Crippen LogP contribution < -0.4 is 10.6 Å². The number of nitrogens with zero attached hydrogens (tertiary/aromatic N) is 8. The van der Waals surface area contributed by atoms with E-state index in [2.05, 4.69) is 35.8 Å². The van der Waals surface area contributed by atoms with Gasteiger partial charge in [-0.15, -0.1) is 0 Å². The Hall–Kier alpha value is -3.83. The van der Waals surface area contributed by atoms with Crippen LogP contribution in [0.4, 0.5) is 29.2 Å². The fourth-order valence-corrected chi connectivity index (χ4v) is 7.25. The number of hydrogen-bond acceptors (Lipinski definition) is 10. The third-order valence-electron chi connectivity index (χ3n) is 11.2. The van der Waals surface area contributed by atoms with Gasteiger partial charge in [-0.2, -0.15) is 25.1 Å². The number of halogens is 5. The Labute approximate surface area is 328 Å². The van der Waals surface area contributed by atoms with Gasteiger partial charge in [-0.3, -0.25) is 0 Å². The highest BCUT2D eigenvalue weighted by atomic mass is 35.5. The van der Waals surface area contributed by atoms with Gasteiger partial charge in [0.2, 0.25) is 11.8 Å². The number of anilines is 2. The molecule has 0 bridgehead atoms. The summed E-state index contributed by atoms with van der Waals surface area (Å²) < 4.78 is 56.6. The summed E-state index contributed by atoms with van der Waals surface area (Å²) in [6, 6.07) is 7.63. The molecule has 12 nitrogen and oxygen atoms in total. The van der Waals surface area contributed by atoms with Crippen LogP contribution in [-0.2, 0) is 0 Å². The van der Waals surface area contributed by atoms with Crippen molar-refractivity contribution in [2.24, 2.45) is 0 Å². The summed E-state index contributed by atoms with van der Waals surface area (Å²) in [7, 11) is -1.04. The summed E-state index contributed by atoms with van der Waals surface area (Å²) in [5.74, 6) is -0.973. The molecule has 300 valence electrons. The minimum atomic E-state index is -2.54. The van der Waals surface area contributed by atoms with Crippen LogP contribution in [0.1, 0.15) is 138 Å². The molecule has 6 aliphatic rings. The molecule has 0 amide bonds. The minimum Gasteiger partial charge on any atom is -0.427 e. The monoisotopic (exact) mass is 798 g/mol. The number of hydrogen-bond donors (Lipinski definition) is 4.